The molecule has 0 radical (unpaired) electrons. The molecule has 1 aromatic heterocycles. The third-order valence-electron chi connectivity index (χ3n) is 4.18. The summed E-state index contributed by atoms with van der Waals surface area (Å²) >= 11 is 1.40. The Kier molecular flexibility index (Phi) is 5.68. The van der Waals surface area contributed by atoms with Gasteiger partial charge in [-0.1, -0.05) is 12.1 Å². The molecule has 2 heterocycles. The molecule has 1 fully saturated rings. The van der Waals surface area contributed by atoms with Gasteiger partial charge in [-0.05, 0) is 43.2 Å². The van der Waals surface area contributed by atoms with E-state index in [1.807, 2.05) is 37.3 Å². The fourth-order valence-electron chi connectivity index (χ4n) is 2.78. The normalized spacial score (nSPS) is 13.7. The second-order valence-electron chi connectivity index (χ2n) is 6.19. The number of carbonyl (C=O) groups excluding carboxylic acids is 3. The van der Waals surface area contributed by atoms with Crippen molar-refractivity contribution >= 4 is 34.7 Å². The molecule has 1 saturated heterocycles. The molecular weight excluding hydrogens is 350 g/mol. The van der Waals surface area contributed by atoms with Gasteiger partial charge in [0.05, 0.1) is 11.4 Å². The molecule has 136 valence electrons. The molecule has 1 aliphatic heterocycles. The minimum Gasteiger partial charge on any atom is -0.350 e. The third-order valence-corrected chi connectivity index (χ3v) is 5.18. The van der Waals surface area contributed by atoms with E-state index in [0.29, 0.717) is 17.8 Å². The molecule has 0 atom stereocenters. The van der Waals surface area contributed by atoms with Crippen LogP contribution >= 0.6 is 11.3 Å². The zero-order chi connectivity index (χ0) is 18.5. The SMILES string of the molecule is Cc1ccc(C(=O)NCC(=O)NCc2ccc(N3CCCC3=O)cc2)s1. The Labute approximate surface area is 156 Å². The van der Waals surface area contributed by atoms with Crippen molar-refractivity contribution in [3.8, 4) is 0 Å². The van der Waals surface area contributed by atoms with Crippen molar-refractivity contribution in [2.24, 2.45) is 0 Å². The second kappa shape index (κ2) is 8.14. The molecule has 26 heavy (non-hydrogen) atoms. The molecule has 0 aliphatic carbocycles. The number of amides is 3. The van der Waals surface area contributed by atoms with Gasteiger partial charge < -0.3 is 15.5 Å². The van der Waals surface area contributed by atoms with Gasteiger partial charge >= 0.3 is 0 Å². The molecule has 0 spiro atoms. The van der Waals surface area contributed by atoms with E-state index >= 15 is 0 Å². The first-order valence-corrected chi connectivity index (χ1v) is 9.35. The van der Waals surface area contributed by atoms with Gasteiger partial charge in [0.15, 0.2) is 0 Å². The average molecular weight is 371 g/mol. The van der Waals surface area contributed by atoms with Crippen molar-refractivity contribution in [1.82, 2.24) is 10.6 Å². The maximum absolute atomic E-state index is 11.9. The molecule has 0 bridgehead atoms. The van der Waals surface area contributed by atoms with Gasteiger partial charge in [0.2, 0.25) is 11.8 Å². The number of rotatable bonds is 6. The van der Waals surface area contributed by atoms with Crippen LogP contribution < -0.4 is 15.5 Å². The maximum Gasteiger partial charge on any atom is 0.261 e. The van der Waals surface area contributed by atoms with E-state index in [0.717, 1.165) is 29.1 Å². The average Bonchev–Trinajstić information content (AvgIpc) is 3.26. The van der Waals surface area contributed by atoms with Gasteiger partial charge in [0.1, 0.15) is 0 Å². The first-order chi connectivity index (χ1) is 12.5. The molecule has 6 nitrogen and oxygen atoms in total. The van der Waals surface area contributed by atoms with E-state index in [1.165, 1.54) is 11.3 Å². The molecule has 2 aromatic rings. The third kappa shape index (κ3) is 4.49. The standard InChI is InChI=1S/C19H21N3O3S/c1-13-4-9-16(26-13)19(25)21-12-17(23)20-11-14-5-7-15(8-6-14)22-10-2-3-18(22)24/h4-9H,2-3,10-12H2,1H3,(H,20,23)(H,21,25). The minimum absolute atomic E-state index is 0.0594. The number of hydrogen-bond donors (Lipinski definition) is 2. The van der Waals surface area contributed by atoms with Crippen molar-refractivity contribution in [3.05, 3.63) is 51.7 Å². The molecule has 7 heteroatoms. The number of anilines is 1. The monoisotopic (exact) mass is 371 g/mol. The molecule has 0 unspecified atom stereocenters. The summed E-state index contributed by atoms with van der Waals surface area (Å²) in [5, 5.41) is 5.39. The summed E-state index contributed by atoms with van der Waals surface area (Å²) in [6.07, 6.45) is 1.50. The highest BCUT2D eigenvalue weighted by molar-refractivity contribution is 7.13. The molecule has 0 saturated carbocycles. The van der Waals surface area contributed by atoms with Gasteiger partial charge in [-0.2, -0.15) is 0 Å². The minimum atomic E-state index is -0.245. The van der Waals surface area contributed by atoms with Crippen LogP contribution in [0.2, 0.25) is 0 Å². The quantitative estimate of drug-likeness (QED) is 0.817. The zero-order valence-corrected chi connectivity index (χ0v) is 15.4. The highest BCUT2D eigenvalue weighted by atomic mass is 32.1. The van der Waals surface area contributed by atoms with Gasteiger partial charge in [-0.25, -0.2) is 0 Å². The maximum atomic E-state index is 11.9. The highest BCUT2D eigenvalue weighted by Crippen LogP contribution is 2.21. The summed E-state index contributed by atoms with van der Waals surface area (Å²) in [5.41, 5.74) is 1.83. The van der Waals surface area contributed by atoms with Crippen molar-refractivity contribution in [3.63, 3.8) is 0 Å². The molecule has 1 aromatic carbocycles. The largest absolute Gasteiger partial charge is 0.350 e. The molecule has 3 rings (SSSR count). The lowest BCUT2D eigenvalue weighted by Gasteiger charge is -2.16. The van der Waals surface area contributed by atoms with Gasteiger partial charge in [-0.3, -0.25) is 14.4 Å². The first-order valence-electron chi connectivity index (χ1n) is 8.53. The van der Waals surface area contributed by atoms with Crippen molar-refractivity contribution in [2.45, 2.75) is 26.3 Å². The van der Waals surface area contributed by atoms with E-state index in [4.69, 9.17) is 0 Å². The Morgan fingerprint density at radius 1 is 1.12 bits per heavy atom. The van der Waals surface area contributed by atoms with E-state index in [1.54, 1.807) is 11.0 Å². The van der Waals surface area contributed by atoms with Crippen LogP contribution in [0.5, 0.6) is 0 Å². The van der Waals surface area contributed by atoms with Crippen LogP contribution in [0.4, 0.5) is 5.69 Å². The Bertz CT molecular complexity index is 814. The summed E-state index contributed by atoms with van der Waals surface area (Å²) in [6.45, 7) is 3.01. The first kappa shape index (κ1) is 18.1. The Morgan fingerprint density at radius 2 is 1.88 bits per heavy atom. The van der Waals surface area contributed by atoms with E-state index in [9.17, 15) is 14.4 Å². The summed E-state index contributed by atoms with van der Waals surface area (Å²) in [6, 6.07) is 11.2. The van der Waals surface area contributed by atoms with Gasteiger partial charge in [0.25, 0.3) is 5.91 Å². The lowest BCUT2D eigenvalue weighted by Crippen LogP contribution is -2.36. The number of nitrogens with one attached hydrogen (secondary N) is 2. The molecular formula is C19H21N3O3S. The van der Waals surface area contributed by atoms with Crippen LogP contribution in [0.15, 0.2) is 36.4 Å². The smallest absolute Gasteiger partial charge is 0.261 e. The summed E-state index contributed by atoms with van der Waals surface area (Å²) in [4.78, 5) is 39.0. The van der Waals surface area contributed by atoms with Crippen LogP contribution in [0.25, 0.3) is 0 Å². The molecule has 3 amide bonds. The van der Waals surface area contributed by atoms with E-state index < -0.39 is 0 Å². The van der Waals surface area contributed by atoms with E-state index in [2.05, 4.69) is 10.6 Å². The lowest BCUT2D eigenvalue weighted by atomic mass is 10.2. The number of carbonyl (C=O) groups is 3. The van der Waals surface area contributed by atoms with Crippen LogP contribution in [0.1, 0.15) is 33.0 Å². The highest BCUT2D eigenvalue weighted by Gasteiger charge is 2.21. The number of aryl methyl sites for hydroxylation is 1. The van der Waals surface area contributed by atoms with Crippen molar-refractivity contribution < 1.29 is 14.4 Å². The summed E-state index contributed by atoms with van der Waals surface area (Å²) < 4.78 is 0. The number of hydrogen-bond acceptors (Lipinski definition) is 4. The molecule has 2 N–H and O–H groups in total. The zero-order valence-electron chi connectivity index (χ0n) is 14.6. The van der Waals surface area contributed by atoms with Crippen molar-refractivity contribution in [2.75, 3.05) is 18.0 Å². The number of benzene rings is 1. The van der Waals surface area contributed by atoms with Crippen LogP contribution in [0, 0.1) is 6.92 Å². The number of nitrogens with zero attached hydrogens (tertiary/aromatic N) is 1. The Balaban J connectivity index is 1.44. The number of thiophene rings is 1. The van der Waals surface area contributed by atoms with E-state index in [-0.39, 0.29) is 24.3 Å². The van der Waals surface area contributed by atoms with Gasteiger partial charge in [-0.15, -0.1) is 11.3 Å². The van der Waals surface area contributed by atoms with Crippen LogP contribution in [-0.2, 0) is 16.1 Å². The topological polar surface area (TPSA) is 78.5 Å². The lowest BCUT2D eigenvalue weighted by molar-refractivity contribution is -0.120. The van der Waals surface area contributed by atoms with Crippen molar-refractivity contribution in [1.29, 1.82) is 0 Å². The van der Waals surface area contributed by atoms with Crippen LogP contribution in [0.3, 0.4) is 0 Å². The Morgan fingerprint density at radius 3 is 2.50 bits per heavy atom. The summed E-state index contributed by atoms with van der Waals surface area (Å²) in [7, 11) is 0. The Hall–Kier alpha value is -2.67. The molecule has 1 aliphatic rings. The van der Waals surface area contributed by atoms with Gasteiger partial charge in [0, 0.05) is 30.1 Å². The second-order valence-corrected chi connectivity index (χ2v) is 7.47. The van der Waals surface area contributed by atoms with Crippen LogP contribution in [-0.4, -0.2) is 30.8 Å². The summed E-state index contributed by atoms with van der Waals surface area (Å²) in [5.74, 6) is -0.328. The predicted molar refractivity (Wildman–Crippen MR) is 101 cm³/mol. The predicted octanol–water partition coefficient (Wildman–Crippen LogP) is 2.23. The fourth-order valence-corrected chi connectivity index (χ4v) is 3.57. The fraction of sp³-hybridized carbons (Fsp3) is 0.316.